The minimum absolute atomic E-state index is 0. The van der Waals surface area contributed by atoms with Crippen molar-refractivity contribution < 1.29 is 37.5 Å². The van der Waals surface area contributed by atoms with E-state index in [1.807, 2.05) is 0 Å². The van der Waals surface area contributed by atoms with Crippen LogP contribution in [0.2, 0.25) is 0 Å². The van der Waals surface area contributed by atoms with Crippen LogP contribution in [-0.2, 0) is 37.5 Å². The van der Waals surface area contributed by atoms with E-state index in [0.717, 1.165) is 6.08 Å². The molecule has 0 atom stereocenters. The molecule has 5 heavy (non-hydrogen) atoms. The SMILES string of the molecule is C=C[C-]=O.[Y+3]. The van der Waals surface area contributed by atoms with E-state index >= 15 is 0 Å². The smallest absolute Gasteiger partial charge is 0.419 e. The van der Waals surface area contributed by atoms with Crippen LogP contribution in [0.1, 0.15) is 0 Å². The van der Waals surface area contributed by atoms with Gasteiger partial charge >= 0.3 is 32.7 Å². The Balaban J connectivity index is 0. The largest absolute Gasteiger partial charge is 3.00 e. The average Bonchev–Trinajstić information content (AvgIpc) is 1.37. The molecule has 0 unspecified atom stereocenters. The van der Waals surface area contributed by atoms with Crippen molar-refractivity contribution in [2.75, 3.05) is 0 Å². The first-order valence-corrected chi connectivity index (χ1v) is 0.901. The van der Waals surface area contributed by atoms with Gasteiger partial charge in [-0.2, -0.15) is 0 Å². The number of carbonyl (C=O) groups excluding carboxylic acids is 1. The number of hydrogen-bond acceptors (Lipinski definition) is 1. The first-order valence-electron chi connectivity index (χ1n) is 0.901. The van der Waals surface area contributed by atoms with Crippen LogP contribution in [0.15, 0.2) is 12.7 Å². The molecule has 0 saturated heterocycles. The molecule has 0 aliphatic carbocycles. The quantitative estimate of drug-likeness (QED) is 0.381. The minimum atomic E-state index is 0. The molecule has 0 rings (SSSR count). The van der Waals surface area contributed by atoms with Gasteiger partial charge in [0.15, 0.2) is 0 Å². The maximum atomic E-state index is 8.93. The van der Waals surface area contributed by atoms with E-state index in [2.05, 4.69) is 6.58 Å². The Morgan fingerprint density at radius 3 is 2.00 bits per heavy atom. The predicted molar refractivity (Wildman–Crippen MR) is 15.9 cm³/mol. The molecule has 0 aliphatic rings. The third-order valence-electron chi connectivity index (χ3n) is 0.0833. The van der Waals surface area contributed by atoms with Gasteiger partial charge in [0, 0.05) is 0 Å². The molecule has 0 amide bonds. The van der Waals surface area contributed by atoms with Gasteiger partial charge in [0.2, 0.25) is 0 Å². The summed E-state index contributed by atoms with van der Waals surface area (Å²) in [6, 6.07) is 0. The van der Waals surface area contributed by atoms with Gasteiger partial charge in [-0.25, -0.2) is 12.7 Å². The second kappa shape index (κ2) is 8.82. The summed E-state index contributed by atoms with van der Waals surface area (Å²) < 4.78 is 0. The molecule has 0 radical (unpaired) electrons. The van der Waals surface area contributed by atoms with Gasteiger partial charge in [0.1, 0.15) is 0 Å². The Hall–Kier alpha value is 0.514. The first kappa shape index (κ1) is 9.10. The number of allylic oxidation sites excluding steroid dienone is 1. The average molecular weight is 144 g/mol. The third-order valence-corrected chi connectivity index (χ3v) is 0.0833. The minimum Gasteiger partial charge on any atom is -0.419 e. The van der Waals surface area contributed by atoms with Crippen molar-refractivity contribution in [2.45, 2.75) is 0 Å². The van der Waals surface area contributed by atoms with E-state index in [1.54, 1.807) is 0 Å². The van der Waals surface area contributed by atoms with Crippen molar-refractivity contribution in [1.82, 2.24) is 0 Å². The van der Waals surface area contributed by atoms with Gasteiger partial charge in [0.05, 0.1) is 0 Å². The predicted octanol–water partition coefficient (Wildman–Crippen LogP) is 0.280. The monoisotopic (exact) mass is 144 g/mol. The molecule has 1 nitrogen and oxygen atoms in total. The van der Waals surface area contributed by atoms with E-state index in [4.69, 9.17) is 4.79 Å². The summed E-state index contributed by atoms with van der Waals surface area (Å²) >= 11 is 0. The molecule has 0 saturated carbocycles. The van der Waals surface area contributed by atoms with Crippen LogP contribution in [0.5, 0.6) is 0 Å². The van der Waals surface area contributed by atoms with E-state index < -0.39 is 0 Å². The van der Waals surface area contributed by atoms with Gasteiger partial charge in [-0.15, -0.1) is 0 Å². The van der Waals surface area contributed by atoms with Crippen molar-refractivity contribution in [1.29, 1.82) is 0 Å². The zero-order valence-electron chi connectivity index (χ0n) is 2.77. The van der Waals surface area contributed by atoms with Crippen molar-refractivity contribution in [3.63, 3.8) is 0 Å². The molecule has 0 bridgehead atoms. The van der Waals surface area contributed by atoms with Crippen LogP contribution < -0.4 is 0 Å². The molecule has 0 aromatic rings. The van der Waals surface area contributed by atoms with Crippen molar-refractivity contribution >= 4 is 6.29 Å². The van der Waals surface area contributed by atoms with Crippen molar-refractivity contribution in [2.24, 2.45) is 0 Å². The zero-order chi connectivity index (χ0) is 3.41. The Morgan fingerprint density at radius 2 is 2.00 bits per heavy atom. The van der Waals surface area contributed by atoms with Crippen LogP contribution in [-0.4, -0.2) is 6.29 Å². The van der Waals surface area contributed by atoms with Gasteiger partial charge in [-0.3, -0.25) is 0 Å². The Morgan fingerprint density at radius 1 is 1.80 bits per heavy atom. The Labute approximate surface area is 56.3 Å². The Bertz CT molecular complexity index is 27.9. The molecule has 0 aliphatic heterocycles. The molecule has 0 fully saturated rings. The van der Waals surface area contributed by atoms with E-state index in [1.165, 1.54) is 6.29 Å². The second-order valence-electron chi connectivity index (χ2n) is 0.322. The Kier molecular flexibility index (Phi) is 16.0. The second-order valence-corrected chi connectivity index (χ2v) is 0.322. The summed E-state index contributed by atoms with van der Waals surface area (Å²) in [5.41, 5.74) is 0. The molecule has 22 valence electrons. The van der Waals surface area contributed by atoms with Crippen LogP contribution in [0.25, 0.3) is 0 Å². The summed E-state index contributed by atoms with van der Waals surface area (Å²) in [5.74, 6) is 0. The normalized spacial score (nSPS) is 4.00. The van der Waals surface area contributed by atoms with Gasteiger partial charge in [0.25, 0.3) is 0 Å². The molecule has 0 N–H and O–H groups in total. The fourth-order valence-electron chi connectivity index (χ4n) is 0. The molecule has 2 heteroatoms. The maximum absolute atomic E-state index is 8.93. The standard InChI is InChI=1S/C3H3O.Y/c1-2-3-4;/h2H,1H2;/q-1;+3. The fraction of sp³-hybridized carbons (Fsp3) is 0. The fourth-order valence-corrected chi connectivity index (χ4v) is 0. The van der Waals surface area contributed by atoms with E-state index in [9.17, 15) is 0 Å². The number of rotatable bonds is 1. The summed E-state index contributed by atoms with van der Waals surface area (Å²) in [4.78, 5) is 8.93. The van der Waals surface area contributed by atoms with E-state index in [-0.39, 0.29) is 32.7 Å². The molecule has 0 spiro atoms. The molecular formula is C3H3OY+2. The van der Waals surface area contributed by atoms with Gasteiger partial charge in [-0.1, -0.05) is 0 Å². The van der Waals surface area contributed by atoms with Crippen LogP contribution in [0, 0.1) is 0 Å². The summed E-state index contributed by atoms with van der Waals surface area (Å²) in [6.45, 7) is 3.06. The summed E-state index contributed by atoms with van der Waals surface area (Å²) in [6.07, 6.45) is 2.51. The molecule has 0 aromatic carbocycles. The topological polar surface area (TPSA) is 17.1 Å². The van der Waals surface area contributed by atoms with Gasteiger partial charge in [-0.05, 0) is 6.29 Å². The summed E-state index contributed by atoms with van der Waals surface area (Å²) in [7, 11) is 0. The zero-order valence-corrected chi connectivity index (χ0v) is 5.61. The van der Waals surface area contributed by atoms with Crippen LogP contribution >= 0.6 is 0 Å². The van der Waals surface area contributed by atoms with Crippen LogP contribution in [0.4, 0.5) is 0 Å². The third kappa shape index (κ3) is 12.4. The van der Waals surface area contributed by atoms with Crippen molar-refractivity contribution in [3.05, 3.63) is 12.7 Å². The van der Waals surface area contributed by atoms with Gasteiger partial charge < -0.3 is 4.79 Å². The summed E-state index contributed by atoms with van der Waals surface area (Å²) in [5, 5.41) is 0. The molecule has 0 heterocycles. The maximum Gasteiger partial charge on any atom is 3.00 e. The van der Waals surface area contributed by atoms with Crippen LogP contribution in [0.3, 0.4) is 0 Å². The number of hydrogen-bond donors (Lipinski definition) is 0. The molecular weight excluding hydrogens is 141 g/mol. The molecule has 0 aromatic heterocycles. The van der Waals surface area contributed by atoms with E-state index in [0.29, 0.717) is 0 Å². The van der Waals surface area contributed by atoms with Crippen molar-refractivity contribution in [3.8, 4) is 0 Å². The first-order chi connectivity index (χ1) is 1.91.